The van der Waals surface area contributed by atoms with E-state index in [1.54, 1.807) is 7.05 Å². The maximum atomic E-state index is 12.5. The van der Waals surface area contributed by atoms with Gasteiger partial charge in [-0.3, -0.25) is 4.79 Å². The number of hydrogen-bond donors (Lipinski definition) is 3. The highest BCUT2D eigenvalue weighted by atomic mass is 32.1. The van der Waals surface area contributed by atoms with Crippen LogP contribution in [0.5, 0.6) is 11.5 Å². The van der Waals surface area contributed by atoms with E-state index in [1.165, 1.54) is 18.2 Å². The van der Waals surface area contributed by atoms with Gasteiger partial charge >= 0.3 is 0 Å². The summed E-state index contributed by atoms with van der Waals surface area (Å²) in [7, 11) is 1.67. The number of phenolic OH excluding ortho intramolecular Hbond substituents is 2. The van der Waals surface area contributed by atoms with E-state index in [1.807, 2.05) is 0 Å². The molecule has 3 N–H and O–H groups in total. The molecule has 0 bridgehead atoms. The molecular formula is C14H17NO3S. The van der Waals surface area contributed by atoms with Gasteiger partial charge < -0.3 is 15.5 Å². The summed E-state index contributed by atoms with van der Waals surface area (Å²) >= 11 is 5.32. The molecule has 1 aliphatic carbocycles. The molecular weight excluding hydrogens is 262 g/mol. The summed E-state index contributed by atoms with van der Waals surface area (Å²) in [6.07, 6.45) is 2.70. The fraction of sp³-hybridized carbons (Fsp3) is 0.429. The molecule has 0 spiro atoms. The second-order valence-corrected chi connectivity index (χ2v) is 5.22. The number of carbonyl (C=O) groups is 1. The predicted octanol–water partition coefficient (Wildman–Crippen LogP) is 2.03. The van der Waals surface area contributed by atoms with Crippen molar-refractivity contribution in [2.24, 2.45) is 0 Å². The van der Waals surface area contributed by atoms with E-state index in [-0.39, 0.29) is 17.3 Å². The standard InChI is InChI=1S/C14H17NO3S/c1-15-13(19)14(7-3-2-4-12(14)18)10-8-9(16)5-6-11(10)17/h5-6,8,16-17H,2-4,7H2,1H3,(H,15,19). The number of hydrogen-bond acceptors (Lipinski definition) is 4. The molecule has 1 atom stereocenters. The number of carbonyl (C=O) groups excluding carboxylic acids is 1. The summed E-state index contributed by atoms with van der Waals surface area (Å²) in [5.74, 6) is 0.00843. The van der Waals surface area contributed by atoms with E-state index in [2.05, 4.69) is 5.32 Å². The van der Waals surface area contributed by atoms with Crippen LogP contribution in [0.3, 0.4) is 0 Å². The van der Waals surface area contributed by atoms with Crippen LogP contribution < -0.4 is 5.32 Å². The van der Waals surface area contributed by atoms with Crippen LogP contribution in [0.25, 0.3) is 0 Å². The maximum absolute atomic E-state index is 12.5. The molecule has 0 heterocycles. The van der Waals surface area contributed by atoms with E-state index < -0.39 is 5.41 Å². The van der Waals surface area contributed by atoms with Crippen molar-refractivity contribution < 1.29 is 15.0 Å². The number of likely N-dealkylation sites (N-methyl/N-ethyl adjacent to an activating group) is 1. The van der Waals surface area contributed by atoms with Crippen LogP contribution in [0, 0.1) is 0 Å². The van der Waals surface area contributed by atoms with Crippen molar-refractivity contribution in [1.82, 2.24) is 5.32 Å². The molecule has 1 aromatic carbocycles. The Morgan fingerprint density at radius 2 is 2.11 bits per heavy atom. The number of phenols is 2. The van der Waals surface area contributed by atoms with Crippen molar-refractivity contribution in [2.75, 3.05) is 7.05 Å². The van der Waals surface area contributed by atoms with E-state index in [4.69, 9.17) is 12.2 Å². The predicted molar refractivity (Wildman–Crippen MR) is 76.6 cm³/mol. The van der Waals surface area contributed by atoms with Gasteiger partial charge in [0, 0.05) is 19.0 Å². The number of aromatic hydroxyl groups is 2. The Hall–Kier alpha value is -1.62. The molecule has 2 rings (SSSR count). The molecule has 1 saturated carbocycles. The quantitative estimate of drug-likeness (QED) is 0.571. The van der Waals surface area contributed by atoms with E-state index >= 15 is 0 Å². The molecule has 102 valence electrons. The third-order valence-corrected chi connectivity index (χ3v) is 4.29. The third kappa shape index (κ3) is 2.18. The molecule has 1 fully saturated rings. The average molecular weight is 279 g/mol. The van der Waals surface area contributed by atoms with Crippen LogP contribution in [0.4, 0.5) is 0 Å². The lowest BCUT2D eigenvalue weighted by Crippen LogP contribution is -2.49. The first-order valence-corrected chi connectivity index (χ1v) is 6.71. The van der Waals surface area contributed by atoms with E-state index in [0.29, 0.717) is 23.4 Å². The first kappa shape index (κ1) is 13.8. The van der Waals surface area contributed by atoms with Crippen LogP contribution in [-0.2, 0) is 10.2 Å². The highest BCUT2D eigenvalue weighted by Gasteiger charge is 2.46. The minimum Gasteiger partial charge on any atom is -0.508 e. The van der Waals surface area contributed by atoms with Gasteiger partial charge in [-0.1, -0.05) is 18.6 Å². The SMILES string of the molecule is CNC(=S)C1(c2cc(O)ccc2O)CCCCC1=O. The highest BCUT2D eigenvalue weighted by molar-refractivity contribution is 7.80. The van der Waals surface area contributed by atoms with Crippen LogP contribution in [0.2, 0.25) is 0 Å². The normalized spacial score (nSPS) is 23.1. The Kier molecular flexibility index (Phi) is 3.75. The lowest BCUT2D eigenvalue weighted by molar-refractivity contribution is -0.124. The molecule has 0 aliphatic heterocycles. The first-order chi connectivity index (χ1) is 9.02. The molecule has 0 radical (unpaired) electrons. The van der Waals surface area contributed by atoms with Crippen molar-refractivity contribution in [3.63, 3.8) is 0 Å². The van der Waals surface area contributed by atoms with Crippen LogP contribution in [0.15, 0.2) is 18.2 Å². The molecule has 19 heavy (non-hydrogen) atoms. The first-order valence-electron chi connectivity index (χ1n) is 6.30. The van der Waals surface area contributed by atoms with Crippen molar-refractivity contribution in [3.05, 3.63) is 23.8 Å². The van der Waals surface area contributed by atoms with Gasteiger partial charge in [0.05, 0.1) is 4.99 Å². The summed E-state index contributed by atoms with van der Waals surface area (Å²) in [4.78, 5) is 12.9. The molecule has 0 aromatic heterocycles. The third-order valence-electron chi connectivity index (χ3n) is 3.74. The van der Waals surface area contributed by atoms with E-state index in [9.17, 15) is 15.0 Å². The molecule has 0 amide bonds. The lowest BCUT2D eigenvalue weighted by Gasteiger charge is -2.36. The van der Waals surface area contributed by atoms with Gasteiger partial charge in [-0.05, 0) is 31.0 Å². The van der Waals surface area contributed by atoms with Crippen LogP contribution in [-0.4, -0.2) is 28.0 Å². The summed E-state index contributed by atoms with van der Waals surface area (Å²) in [5, 5.41) is 22.6. The molecule has 4 nitrogen and oxygen atoms in total. The zero-order chi connectivity index (χ0) is 14.0. The summed E-state index contributed by atoms with van der Waals surface area (Å²) < 4.78 is 0. The number of nitrogens with one attached hydrogen (secondary N) is 1. The van der Waals surface area contributed by atoms with Gasteiger partial charge in [0.15, 0.2) is 0 Å². The number of rotatable bonds is 2. The van der Waals surface area contributed by atoms with Crippen LogP contribution >= 0.6 is 12.2 Å². The minimum absolute atomic E-state index is 0.000926. The van der Waals surface area contributed by atoms with Gasteiger partial charge in [-0.25, -0.2) is 0 Å². The lowest BCUT2D eigenvalue weighted by atomic mass is 9.68. The van der Waals surface area contributed by atoms with Gasteiger partial charge in [-0.2, -0.15) is 0 Å². The number of thiocarbonyl (C=S) groups is 1. The number of benzene rings is 1. The Morgan fingerprint density at radius 3 is 2.74 bits per heavy atom. The fourth-order valence-electron chi connectivity index (χ4n) is 2.76. The van der Waals surface area contributed by atoms with Gasteiger partial charge in [-0.15, -0.1) is 0 Å². The van der Waals surface area contributed by atoms with Gasteiger partial charge in [0.1, 0.15) is 22.7 Å². The second kappa shape index (κ2) is 5.17. The molecule has 0 saturated heterocycles. The summed E-state index contributed by atoms with van der Waals surface area (Å²) in [6, 6.07) is 4.22. The largest absolute Gasteiger partial charge is 0.508 e. The molecule has 5 heteroatoms. The van der Waals surface area contributed by atoms with Gasteiger partial charge in [0.25, 0.3) is 0 Å². The number of ketones is 1. The molecule has 1 aromatic rings. The Labute approximate surface area is 117 Å². The molecule has 1 aliphatic rings. The Morgan fingerprint density at radius 1 is 1.37 bits per heavy atom. The monoisotopic (exact) mass is 279 g/mol. The van der Waals surface area contributed by atoms with Crippen LogP contribution in [0.1, 0.15) is 31.2 Å². The summed E-state index contributed by atoms with van der Waals surface area (Å²) in [5.41, 5.74) is -0.609. The van der Waals surface area contributed by atoms with Crippen molar-refractivity contribution in [1.29, 1.82) is 0 Å². The van der Waals surface area contributed by atoms with Crippen molar-refractivity contribution >= 4 is 23.0 Å². The average Bonchev–Trinajstić information content (AvgIpc) is 2.41. The van der Waals surface area contributed by atoms with E-state index in [0.717, 1.165) is 12.8 Å². The Balaban J connectivity index is 2.63. The fourth-order valence-corrected chi connectivity index (χ4v) is 3.08. The summed E-state index contributed by atoms with van der Waals surface area (Å²) in [6.45, 7) is 0. The number of Topliss-reactive ketones (excluding diaryl/α,β-unsaturated/α-hetero) is 1. The maximum Gasteiger partial charge on any atom is 0.150 e. The second-order valence-electron chi connectivity index (χ2n) is 4.82. The highest BCUT2D eigenvalue weighted by Crippen LogP contribution is 2.42. The van der Waals surface area contributed by atoms with Crippen molar-refractivity contribution in [3.8, 4) is 11.5 Å². The zero-order valence-electron chi connectivity index (χ0n) is 10.8. The molecule has 1 unspecified atom stereocenters. The smallest absolute Gasteiger partial charge is 0.150 e. The van der Waals surface area contributed by atoms with Crippen molar-refractivity contribution in [2.45, 2.75) is 31.1 Å². The topological polar surface area (TPSA) is 69.6 Å². The Bertz CT molecular complexity index is 519. The van der Waals surface area contributed by atoms with Gasteiger partial charge in [0.2, 0.25) is 0 Å². The zero-order valence-corrected chi connectivity index (χ0v) is 11.6. The minimum atomic E-state index is -1.01.